The lowest BCUT2D eigenvalue weighted by atomic mass is 10.3. The Morgan fingerprint density at radius 2 is 2.12 bits per heavy atom. The van der Waals surface area contributed by atoms with Crippen molar-refractivity contribution in [2.75, 3.05) is 23.3 Å². The number of rotatable bonds is 6. The fraction of sp³-hybridized carbons (Fsp3) is 0.667. The maximum Gasteiger partial charge on any atom is 0.209 e. The maximum atomic E-state index is 10.7. The second kappa shape index (κ2) is 5.37. The normalized spacial score (nSPS) is 11.7. The van der Waals surface area contributed by atoms with Crippen molar-refractivity contribution in [1.82, 2.24) is 9.78 Å². The van der Waals surface area contributed by atoms with E-state index in [1.54, 1.807) is 11.7 Å². The predicted octanol–water partition coefficient (Wildman–Crippen LogP) is -0.345. The minimum Gasteiger partial charge on any atom is -0.394 e. The quantitative estimate of drug-likeness (QED) is 0.605. The van der Waals surface area contributed by atoms with Gasteiger partial charge in [-0.1, -0.05) is 6.92 Å². The molecule has 0 fully saturated rings. The Hall–Kier alpha value is -1.28. The van der Waals surface area contributed by atoms with E-state index >= 15 is 0 Å². The molecule has 0 aliphatic rings. The summed E-state index contributed by atoms with van der Waals surface area (Å²) in [6.45, 7) is 2.47. The third kappa shape index (κ3) is 3.90. The molecule has 7 nitrogen and oxygen atoms in total. The van der Waals surface area contributed by atoms with Crippen molar-refractivity contribution in [3.05, 3.63) is 5.69 Å². The van der Waals surface area contributed by atoms with Crippen LogP contribution in [0.4, 0.5) is 11.5 Å². The summed E-state index contributed by atoms with van der Waals surface area (Å²) < 4.78 is 23.1. The van der Waals surface area contributed by atoms with E-state index in [-0.39, 0.29) is 5.75 Å². The smallest absolute Gasteiger partial charge is 0.209 e. The van der Waals surface area contributed by atoms with Crippen molar-refractivity contribution in [2.45, 2.75) is 19.8 Å². The van der Waals surface area contributed by atoms with Crippen molar-refractivity contribution in [1.29, 1.82) is 0 Å². The minimum atomic E-state index is -3.39. The molecular formula is C9H19N5O2S. The molecule has 0 saturated heterocycles. The molecule has 0 bridgehead atoms. The van der Waals surface area contributed by atoms with Gasteiger partial charge in [-0.25, -0.2) is 13.6 Å². The third-order valence-corrected chi connectivity index (χ3v) is 3.25. The van der Waals surface area contributed by atoms with Gasteiger partial charge in [0.15, 0.2) is 0 Å². The molecule has 1 aromatic heterocycles. The highest BCUT2D eigenvalue weighted by molar-refractivity contribution is 7.89. The summed E-state index contributed by atoms with van der Waals surface area (Å²) in [4.78, 5) is 0. The van der Waals surface area contributed by atoms with Crippen LogP contribution < -0.4 is 16.2 Å². The van der Waals surface area contributed by atoms with Gasteiger partial charge in [0.1, 0.15) is 5.82 Å². The number of hydrogen-bond acceptors (Lipinski definition) is 5. The molecule has 0 aliphatic carbocycles. The highest BCUT2D eigenvalue weighted by Gasteiger charge is 2.11. The molecule has 0 saturated carbocycles. The molecular weight excluding hydrogens is 242 g/mol. The summed E-state index contributed by atoms with van der Waals surface area (Å²) in [5.74, 6) is 0.676. The summed E-state index contributed by atoms with van der Waals surface area (Å²) in [6, 6.07) is 0. The number of sulfonamides is 1. The molecule has 5 N–H and O–H groups in total. The van der Waals surface area contributed by atoms with E-state index in [0.717, 1.165) is 17.9 Å². The van der Waals surface area contributed by atoms with Crippen LogP contribution in [0.3, 0.4) is 0 Å². The van der Waals surface area contributed by atoms with E-state index in [9.17, 15) is 8.42 Å². The fourth-order valence-electron chi connectivity index (χ4n) is 1.55. The largest absolute Gasteiger partial charge is 0.394 e. The van der Waals surface area contributed by atoms with Crippen LogP contribution in [0.5, 0.6) is 0 Å². The fourth-order valence-corrected chi connectivity index (χ4v) is 2.09. The van der Waals surface area contributed by atoms with E-state index in [1.165, 1.54) is 0 Å². The number of hydrogen-bond donors (Lipinski definition) is 3. The highest BCUT2D eigenvalue weighted by atomic mass is 32.2. The number of nitrogen functional groups attached to an aromatic ring is 1. The minimum absolute atomic E-state index is 0.0433. The van der Waals surface area contributed by atoms with E-state index < -0.39 is 10.0 Å². The van der Waals surface area contributed by atoms with Gasteiger partial charge >= 0.3 is 0 Å². The second-order valence-electron chi connectivity index (χ2n) is 3.83. The van der Waals surface area contributed by atoms with Gasteiger partial charge in [-0.3, -0.25) is 4.68 Å². The molecule has 1 heterocycles. The van der Waals surface area contributed by atoms with Gasteiger partial charge in [0.25, 0.3) is 0 Å². The number of nitrogens with one attached hydrogen (secondary N) is 1. The predicted molar refractivity (Wildman–Crippen MR) is 68.1 cm³/mol. The van der Waals surface area contributed by atoms with Gasteiger partial charge in [-0.15, -0.1) is 0 Å². The lowest BCUT2D eigenvalue weighted by Crippen LogP contribution is -2.19. The average molecular weight is 261 g/mol. The van der Waals surface area contributed by atoms with Gasteiger partial charge in [0.2, 0.25) is 10.0 Å². The molecule has 0 aromatic carbocycles. The Labute approximate surface area is 101 Å². The molecule has 0 aliphatic heterocycles. The Balaban J connectivity index is 2.55. The van der Waals surface area contributed by atoms with Crippen molar-refractivity contribution in [3.8, 4) is 0 Å². The van der Waals surface area contributed by atoms with E-state index in [0.29, 0.717) is 18.7 Å². The Bertz CT molecular complexity index is 480. The van der Waals surface area contributed by atoms with Crippen LogP contribution in [0.1, 0.15) is 19.0 Å². The van der Waals surface area contributed by atoms with Crippen molar-refractivity contribution < 1.29 is 8.42 Å². The molecule has 1 rings (SSSR count). The monoisotopic (exact) mass is 261 g/mol. The number of aromatic nitrogens is 2. The van der Waals surface area contributed by atoms with Crippen LogP contribution in [-0.2, 0) is 23.5 Å². The number of anilines is 2. The summed E-state index contributed by atoms with van der Waals surface area (Å²) in [6.07, 6.45) is 1.20. The van der Waals surface area contributed by atoms with E-state index in [2.05, 4.69) is 10.4 Å². The molecule has 0 radical (unpaired) electrons. The summed E-state index contributed by atoms with van der Waals surface area (Å²) >= 11 is 0. The molecule has 0 unspecified atom stereocenters. The van der Waals surface area contributed by atoms with E-state index in [4.69, 9.17) is 10.9 Å². The Morgan fingerprint density at radius 1 is 1.47 bits per heavy atom. The van der Waals surface area contributed by atoms with Crippen molar-refractivity contribution in [2.24, 2.45) is 12.2 Å². The highest BCUT2D eigenvalue weighted by Crippen LogP contribution is 2.21. The number of aryl methyl sites for hydroxylation is 2. The molecule has 0 atom stereocenters. The van der Waals surface area contributed by atoms with Gasteiger partial charge in [-0.2, -0.15) is 5.10 Å². The Kier molecular flexibility index (Phi) is 4.35. The lowest BCUT2D eigenvalue weighted by molar-refractivity contribution is 0.595. The van der Waals surface area contributed by atoms with E-state index in [1.807, 2.05) is 6.92 Å². The van der Waals surface area contributed by atoms with Crippen LogP contribution in [0.25, 0.3) is 0 Å². The van der Waals surface area contributed by atoms with Crippen LogP contribution in [0.15, 0.2) is 0 Å². The number of nitrogens with zero attached hydrogens (tertiary/aromatic N) is 2. The molecule has 0 amide bonds. The van der Waals surface area contributed by atoms with Gasteiger partial charge in [0.05, 0.1) is 17.1 Å². The first-order valence-electron chi connectivity index (χ1n) is 5.41. The second-order valence-corrected chi connectivity index (χ2v) is 5.57. The van der Waals surface area contributed by atoms with Gasteiger partial charge < -0.3 is 11.1 Å². The first-order chi connectivity index (χ1) is 7.85. The number of nitrogens with two attached hydrogens (primary N) is 2. The number of primary sulfonamides is 1. The van der Waals surface area contributed by atoms with Crippen LogP contribution in [-0.4, -0.2) is 30.5 Å². The summed E-state index contributed by atoms with van der Waals surface area (Å²) in [5.41, 5.74) is 7.34. The molecule has 0 spiro atoms. The molecule has 1 aromatic rings. The lowest BCUT2D eigenvalue weighted by Gasteiger charge is -2.06. The zero-order valence-corrected chi connectivity index (χ0v) is 10.9. The van der Waals surface area contributed by atoms with Gasteiger partial charge in [0, 0.05) is 13.6 Å². The molecule has 98 valence electrons. The first kappa shape index (κ1) is 13.8. The molecule has 17 heavy (non-hydrogen) atoms. The van der Waals surface area contributed by atoms with Crippen LogP contribution >= 0.6 is 0 Å². The maximum absolute atomic E-state index is 10.7. The zero-order valence-electron chi connectivity index (χ0n) is 10.1. The van der Waals surface area contributed by atoms with Crippen molar-refractivity contribution >= 4 is 21.5 Å². The zero-order chi connectivity index (χ0) is 13.1. The topological polar surface area (TPSA) is 116 Å². The SMILES string of the molecule is CCc1nn(C)c(NCCCS(N)(=O)=O)c1N. The van der Waals surface area contributed by atoms with Crippen molar-refractivity contribution in [3.63, 3.8) is 0 Å². The average Bonchev–Trinajstić information content (AvgIpc) is 2.48. The van der Waals surface area contributed by atoms with Crippen LogP contribution in [0, 0.1) is 0 Å². The molecule has 8 heteroatoms. The summed E-state index contributed by atoms with van der Waals surface area (Å²) in [7, 11) is -1.60. The summed E-state index contributed by atoms with van der Waals surface area (Å²) in [5, 5.41) is 12.2. The van der Waals surface area contributed by atoms with Gasteiger partial charge in [-0.05, 0) is 12.8 Å². The standard InChI is InChI=1S/C9H19N5O2S/c1-3-7-8(10)9(14(2)13-7)12-5-4-6-17(11,15)16/h12H,3-6,10H2,1-2H3,(H2,11,15,16). The third-order valence-electron chi connectivity index (χ3n) is 2.39. The first-order valence-corrected chi connectivity index (χ1v) is 7.12. The van der Waals surface area contributed by atoms with Crippen LogP contribution in [0.2, 0.25) is 0 Å². The Morgan fingerprint density at radius 3 is 2.59 bits per heavy atom.